The van der Waals surface area contributed by atoms with Crippen molar-refractivity contribution >= 4 is 5.97 Å². The molecule has 3 nitrogen and oxygen atoms in total. The number of halogens is 5. The lowest BCUT2D eigenvalue weighted by atomic mass is 10.0. The average molecular weight is 303 g/mol. The van der Waals surface area contributed by atoms with Gasteiger partial charge in [0.2, 0.25) is 0 Å². The van der Waals surface area contributed by atoms with Crippen molar-refractivity contribution in [2.75, 3.05) is 0 Å². The molecular formula is C13H6F5NO2. The maximum absolute atomic E-state index is 13.8. The zero-order chi connectivity index (χ0) is 15.8. The van der Waals surface area contributed by atoms with Gasteiger partial charge in [0.25, 0.3) is 0 Å². The molecule has 1 aromatic carbocycles. The molecule has 0 aliphatic rings. The number of alkyl halides is 3. The fraction of sp³-hybridized carbons (Fsp3) is 0.0769. The second-order valence-electron chi connectivity index (χ2n) is 4.02. The van der Waals surface area contributed by atoms with Gasteiger partial charge in [-0.25, -0.2) is 13.6 Å². The van der Waals surface area contributed by atoms with Crippen molar-refractivity contribution in [1.29, 1.82) is 0 Å². The van der Waals surface area contributed by atoms with Crippen LogP contribution in [0.2, 0.25) is 0 Å². The fourth-order valence-corrected chi connectivity index (χ4v) is 1.66. The van der Waals surface area contributed by atoms with E-state index in [2.05, 4.69) is 4.98 Å². The van der Waals surface area contributed by atoms with Gasteiger partial charge in [0.15, 0.2) is 11.6 Å². The van der Waals surface area contributed by atoms with E-state index in [0.29, 0.717) is 6.07 Å². The average Bonchev–Trinajstić information content (AvgIpc) is 2.40. The number of pyridine rings is 1. The van der Waals surface area contributed by atoms with Crippen LogP contribution in [0.25, 0.3) is 11.1 Å². The molecule has 0 aliphatic heterocycles. The van der Waals surface area contributed by atoms with Crippen molar-refractivity contribution in [3.8, 4) is 11.1 Å². The highest BCUT2D eigenvalue weighted by Gasteiger charge is 2.32. The van der Waals surface area contributed by atoms with Gasteiger partial charge in [-0.2, -0.15) is 13.2 Å². The summed E-state index contributed by atoms with van der Waals surface area (Å²) in [6, 6.07) is 3.34. The van der Waals surface area contributed by atoms with E-state index in [1.165, 1.54) is 0 Å². The predicted octanol–water partition coefficient (Wildman–Crippen LogP) is 3.74. The molecule has 0 saturated carbocycles. The first-order valence-corrected chi connectivity index (χ1v) is 5.46. The highest BCUT2D eigenvalue weighted by molar-refractivity contribution is 5.88. The highest BCUT2D eigenvalue weighted by Crippen LogP contribution is 2.30. The standard InChI is InChI=1S/C13H6F5NO2/c14-10-7(2-3-8(11(10)15)12(20)21)6-1-4-9(19-5-6)13(16,17)18/h1-5H,(H,20,21). The molecule has 8 heteroatoms. The van der Waals surface area contributed by atoms with Gasteiger partial charge in [0.05, 0.1) is 5.56 Å². The van der Waals surface area contributed by atoms with Crippen LogP contribution in [0.15, 0.2) is 30.5 Å². The van der Waals surface area contributed by atoms with Crippen LogP contribution in [0.1, 0.15) is 16.1 Å². The molecule has 2 rings (SSSR count). The Kier molecular flexibility index (Phi) is 3.63. The lowest BCUT2D eigenvalue weighted by Gasteiger charge is -2.08. The lowest BCUT2D eigenvalue weighted by molar-refractivity contribution is -0.141. The highest BCUT2D eigenvalue weighted by atomic mass is 19.4. The summed E-state index contributed by atoms with van der Waals surface area (Å²) in [6.45, 7) is 0. The maximum atomic E-state index is 13.8. The number of carboxylic acid groups (broad SMARTS) is 1. The van der Waals surface area contributed by atoms with Gasteiger partial charge in [-0.3, -0.25) is 4.98 Å². The molecule has 0 aliphatic carbocycles. The lowest BCUT2D eigenvalue weighted by Crippen LogP contribution is -2.07. The largest absolute Gasteiger partial charge is 0.478 e. The van der Waals surface area contributed by atoms with Gasteiger partial charge in [0.1, 0.15) is 5.69 Å². The van der Waals surface area contributed by atoms with Gasteiger partial charge >= 0.3 is 12.1 Å². The molecule has 0 unspecified atom stereocenters. The van der Waals surface area contributed by atoms with Crippen LogP contribution in [0.4, 0.5) is 22.0 Å². The van der Waals surface area contributed by atoms with Gasteiger partial charge in [-0.05, 0) is 12.1 Å². The van der Waals surface area contributed by atoms with Crippen molar-refractivity contribution in [3.05, 3.63) is 53.4 Å². The SMILES string of the molecule is O=C(O)c1ccc(-c2ccc(C(F)(F)F)nc2)c(F)c1F. The maximum Gasteiger partial charge on any atom is 0.433 e. The third-order valence-corrected chi connectivity index (χ3v) is 2.68. The van der Waals surface area contributed by atoms with Crippen LogP contribution in [0, 0.1) is 11.6 Å². The zero-order valence-corrected chi connectivity index (χ0v) is 10.1. The van der Waals surface area contributed by atoms with Crippen LogP contribution in [-0.2, 0) is 6.18 Å². The molecule has 1 aromatic heterocycles. The van der Waals surface area contributed by atoms with Gasteiger partial charge in [-0.1, -0.05) is 12.1 Å². The van der Waals surface area contributed by atoms with Crippen LogP contribution >= 0.6 is 0 Å². The summed E-state index contributed by atoms with van der Waals surface area (Å²) in [4.78, 5) is 13.8. The third-order valence-electron chi connectivity index (χ3n) is 2.68. The first-order chi connectivity index (χ1) is 9.71. The van der Waals surface area contributed by atoms with Crippen molar-refractivity contribution in [3.63, 3.8) is 0 Å². The van der Waals surface area contributed by atoms with Crippen LogP contribution in [-0.4, -0.2) is 16.1 Å². The van der Waals surface area contributed by atoms with E-state index in [0.717, 1.165) is 24.4 Å². The van der Waals surface area contributed by atoms with Gasteiger partial charge in [-0.15, -0.1) is 0 Å². The van der Waals surface area contributed by atoms with E-state index in [-0.39, 0.29) is 11.1 Å². The summed E-state index contributed by atoms with van der Waals surface area (Å²) in [5, 5.41) is 8.63. The number of benzene rings is 1. The smallest absolute Gasteiger partial charge is 0.433 e. The summed E-state index contributed by atoms with van der Waals surface area (Å²) in [7, 11) is 0. The Morgan fingerprint density at radius 1 is 1.05 bits per heavy atom. The molecule has 21 heavy (non-hydrogen) atoms. The summed E-state index contributed by atoms with van der Waals surface area (Å²) in [5.41, 5.74) is -2.51. The number of aromatic nitrogens is 1. The Bertz CT molecular complexity index is 695. The number of aromatic carboxylic acids is 1. The van der Waals surface area contributed by atoms with E-state index in [1.54, 1.807) is 0 Å². The Hall–Kier alpha value is -2.51. The first-order valence-electron chi connectivity index (χ1n) is 5.46. The monoisotopic (exact) mass is 303 g/mol. The number of hydrogen-bond donors (Lipinski definition) is 1. The van der Waals surface area contributed by atoms with Crippen molar-refractivity contribution in [2.24, 2.45) is 0 Å². The predicted molar refractivity (Wildman–Crippen MR) is 61.6 cm³/mol. The molecule has 0 fully saturated rings. The summed E-state index contributed by atoms with van der Waals surface area (Å²) >= 11 is 0. The van der Waals surface area contributed by atoms with Crippen molar-refractivity contribution in [1.82, 2.24) is 4.98 Å². The second kappa shape index (κ2) is 5.12. The Morgan fingerprint density at radius 2 is 1.71 bits per heavy atom. The van der Waals surface area contributed by atoms with E-state index in [9.17, 15) is 26.7 Å². The van der Waals surface area contributed by atoms with E-state index in [4.69, 9.17) is 5.11 Å². The molecule has 0 radical (unpaired) electrons. The molecule has 1 N–H and O–H groups in total. The Morgan fingerprint density at radius 3 is 2.19 bits per heavy atom. The van der Waals surface area contributed by atoms with Crippen molar-refractivity contribution < 1.29 is 31.9 Å². The van der Waals surface area contributed by atoms with Crippen LogP contribution in [0.5, 0.6) is 0 Å². The number of rotatable bonds is 2. The van der Waals surface area contributed by atoms with Gasteiger partial charge < -0.3 is 5.11 Å². The van der Waals surface area contributed by atoms with E-state index in [1.807, 2.05) is 0 Å². The molecule has 0 atom stereocenters. The third kappa shape index (κ3) is 2.83. The molecule has 0 amide bonds. The zero-order valence-electron chi connectivity index (χ0n) is 10.1. The molecule has 0 saturated heterocycles. The van der Waals surface area contributed by atoms with Crippen LogP contribution in [0.3, 0.4) is 0 Å². The fourth-order valence-electron chi connectivity index (χ4n) is 1.66. The number of nitrogens with zero attached hydrogens (tertiary/aromatic N) is 1. The minimum atomic E-state index is -4.64. The quantitative estimate of drug-likeness (QED) is 0.860. The number of hydrogen-bond acceptors (Lipinski definition) is 2. The first kappa shape index (κ1) is 14.9. The molecule has 2 aromatic rings. The summed E-state index contributed by atoms with van der Waals surface area (Å²) < 4.78 is 64.3. The summed E-state index contributed by atoms with van der Waals surface area (Å²) in [6.07, 6.45) is -3.91. The second-order valence-corrected chi connectivity index (χ2v) is 4.02. The molecule has 0 bridgehead atoms. The molecular weight excluding hydrogens is 297 g/mol. The topological polar surface area (TPSA) is 50.2 Å². The molecule has 0 spiro atoms. The van der Waals surface area contributed by atoms with Crippen molar-refractivity contribution in [2.45, 2.75) is 6.18 Å². The Labute approximate surface area is 114 Å². The van der Waals surface area contributed by atoms with E-state index >= 15 is 0 Å². The molecule has 1 heterocycles. The Balaban J connectivity index is 2.48. The normalized spacial score (nSPS) is 11.5. The van der Waals surface area contributed by atoms with E-state index < -0.39 is 35.0 Å². The van der Waals surface area contributed by atoms with Gasteiger partial charge in [0, 0.05) is 17.3 Å². The molecule has 110 valence electrons. The van der Waals surface area contributed by atoms with Crippen LogP contribution < -0.4 is 0 Å². The minimum absolute atomic E-state index is 0.101. The summed E-state index contributed by atoms with van der Waals surface area (Å²) in [5.74, 6) is -4.69. The number of carbonyl (C=O) groups is 1. The number of carboxylic acids is 1. The minimum Gasteiger partial charge on any atom is -0.478 e.